The Kier molecular flexibility index (Phi) is 4.82. The summed E-state index contributed by atoms with van der Waals surface area (Å²) in [7, 11) is -2.05. The van der Waals surface area contributed by atoms with E-state index in [2.05, 4.69) is 11.9 Å². The molecule has 4 rings (SSSR count). The van der Waals surface area contributed by atoms with Gasteiger partial charge in [0.1, 0.15) is 11.6 Å². The van der Waals surface area contributed by atoms with E-state index in [4.69, 9.17) is 4.74 Å². The van der Waals surface area contributed by atoms with Gasteiger partial charge in [0.15, 0.2) is 0 Å². The van der Waals surface area contributed by atoms with Gasteiger partial charge in [0, 0.05) is 23.7 Å². The van der Waals surface area contributed by atoms with Crippen molar-refractivity contribution in [3.8, 4) is 5.75 Å². The molecule has 5 nitrogen and oxygen atoms in total. The van der Waals surface area contributed by atoms with Crippen molar-refractivity contribution in [2.75, 3.05) is 18.0 Å². The highest BCUT2D eigenvalue weighted by molar-refractivity contribution is 7.92. The number of aryl methyl sites for hydroxylation is 1. The van der Waals surface area contributed by atoms with Gasteiger partial charge in [0.25, 0.3) is 10.0 Å². The number of aromatic nitrogens is 1. The molecule has 150 valence electrons. The fourth-order valence-electron chi connectivity index (χ4n) is 3.93. The second-order valence-electron chi connectivity index (χ2n) is 7.78. The second-order valence-corrected chi connectivity index (χ2v) is 9.65. The lowest BCUT2D eigenvalue weighted by Crippen LogP contribution is -2.36. The summed E-state index contributed by atoms with van der Waals surface area (Å²) in [6.45, 7) is 4.39. The molecule has 3 aromatic rings. The first-order valence-corrected chi connectivity index (χ1v) is 11.0. The Morgan fingerprint density at radius 1 is 1.07 bits per heavy atom. The number of hydrogen-bond acceptors (Lipinski definition) is 4. The van der Waals surface area contributed by atoms with E-state index in [1.807, 2.05) is 55.5 Å². The van der Waals surface area contributed by atoms with Crippen molar-refractivity contribution in [2.45, 2.75) is 30.6 Å². The van der Waals surface area contributed by atoms with Crippen molar-refractivity contribution >= 4 is 15.8 Å². The third-order valence-electron chi connectivity index (χ3n) is 5.53. The molecule has 1 aromatic heterocycles. The Labute approximate surface area is 172 Å². The molecule has 0 fully saturated rings. The Morgan fingerprint density at radius 3 is 2.41 bits per heavy atom. The Hall–Kier alpha value is -2.86. The number of benzene rings is 2. The lowest BCUT2D eigenvalue weighted by atomic mass is 9.79. The molecule has 0 spiro atoms. The van der Waals surface area contributed by atoms with Gasteiger partial charge in [-0.15, -0.1) is 0 Å². The van der Waals surface area contributed by atoms with Gasteiger partial charge in [-0.25, -0.2) is 17.7 Å². The van der Waals surface area contributed by atoms with Crippen molar-refractivity contribution in [2.24, 2.45) is 0 Å². The minimum Gasteiger partial charge on any atom is -0.497 e. The molecule has 0 amide bonds. The van der Waals surface area contributed by atoms with Gasteiger partial charge in [-0.1, -0.05) is 42.8 Å². The first-order chi connectivity index (χ1) is 13.8. The molecule has 1 unspecified atom stereocenters. The van der Waals surface area contributed by atoms with Crippen molar-refractivity contribution in [3.05, 3.63) is 83.6 Å². The van der Waals surface area contributed by atoms with E-state index in [0.29, 0.717) is 18.8 Å². The van der Waals surface area contributed by atoms with Crippen LogP contribution in [0.5, 0.6) is 5.75 Å². The molecular formula is C23H24N2O3S. The molecule has 0 saturated heterocycles. The zero-order valence-corrected chi connectivity index (χ0v) is 17.6. The highest BCUT2D eigenvalue weighted by Gasteiger charge is 2.44. The third kappa shape index (κ3) is 3.49. The summed E-state index contributed by atoms with van der Waals surface area (Å²) >= 11 is 0. The number of ether oxygens (including phenoxy) is 1. The summed E-state index contributed by atoms with van der Waals surface area (Å²) in [4.78, 5) is 4.73. The number of hydrogen-bond donors (Lipinski definition) is 0. The molecule has 1 aliphatic rings. The molecule has 0 N–H and O–H groups in total. The van der Waals surface area contributed by atoms with Crippen LogP contribution in [0.15, 0.2) is 71.8 Å². The highest BCUT2D eigenvalue weighted by Crippen LogP contribution is 2.43. The molecule has 1 aliphatic heterocycles. The van der Waals surface area contributed by atoms with Crippen molar-refractivity contribution in [3.63, 3.8) is 0 Å². The monoisotopic (exact) mass is 408 g/mol. The van der Waals surface area contributed by atoms with Crippen LogP contribution in [0.4, 0.5) is 5.82 Å². The molecule has 0 bridgehead atoms. The molecule has 2 aromatic carbocycles. The average molecular weight is 409 g/mol. The normalized spacial score (nSPS) is 18.5. The average Bonchev–Trinajstić information content (AvgIpc) is 3.03. The lowest BCUT2D eigenvalue weighted by Gasteiger charge is -2.26. The lowest BCUT2D eigenvalue weighted by molar-refractivity contribution is 0.414. The minimum absolute atomic E-state index is 0.286. The predicted octanol–water partition coefficient (Wildman–Crippen LogP) is 4.11. The summed E-state index contributed by atoms with van der Waals surface area (Å²) < 4.78 is 33.5. The highest BCUT2D eigenvalue weighted by atomic mass is 32.2. The summed E-state index contributed by atoms with van der Waals surface area (Å²) in [5.74, 6) is 1.32. The van der Waals surface area contributed by atoms with Crippen LogP contribution < -0.4 is 9.04 Å². The Bertz CT molecular complexity index is 1130. The predicted molar refractivity (Wildman–Crippen MR) is 114 cm³/mol. The third-order valence-corrected chi connectivity index (χ3v) is 7.28. The van der Waals surface area contributed by atoms with Crippen LogP contribution in [-0.2, 0) is 21.9 Å². The van der Waals surface area contributed by atoms with Gasteiger partial charge in [0.2, 0.25) is 0 Å². The molecule has 0 radical (unpaired) electrons. The summed E-state index contributed by atoms with van der Waals surface area (Å²) in [5, 5.41) is 0. The van der Waals surface area contributed by atoms with Gasteiger partial charge in [-0.2, -0.15) is 0 Å². The van der Waals surface area contributed by atoms with E-state index in [1.54, 1.807) is 25.4 Å². The van der Waals surface area contributed by atoms with E-state index in [1.165, 1.54) is 4.31 Å². The Morgan fingerprint density at radius 2 is 1.76 bits per heavy atom. The van der Waals surface area contributed by atoms with Gasteiger partial charge >= 0.3 is 0 Å². The van der Waals surface area contributed by atoms with Crippen LogP contribution in [0.3, 0.4) is 0 Å². The number of fused-ring (bicyclic) bond motifs is 1. The molecule has 6 heteroatoms. The van der Waals surface area contributed by atoms with E-state index >= 15 is 0 Å². The van der Waals surface area contributed by atoms with E-state index in [9.17, 15) is 8.42 Å². The fourth-order valence-corrected chi connectivity index (χ4v) is 5.49. The maximum absolute atomic E-state index is 13.4. The number of anilines is 1. The van der Waals surface area contributed by atoms with Crippen LogP contribution in [0, 0.1) is 6.92 Å². The minimum atomic E-state index is -3.69. The van der Waals surface area contributed by atoms with Gasteiger partial charge in [-0.3, -0.25) is 0 Å². The molecule has 1 atom stereocenters. The van der Waals surface area contributed by atoms with Crippen LogP contribution in [0.2, 0.25) is 0 Å². The van der Waals surface area contributed by atoms with Crippen molar-refractivity contribution < 1.29 is 13.2 Å². The van der Waals surface area contributed by atoms with Crippen LogP contribution in [0.1, 0.15) is 23.6 Å². The smallest absolute Gasteiger partial charge is 0.265 e. The van der Waals surface area contributed by atoms with Crippen LogP contribution in [-0.4, -0.2) is 27.1 Å². The standard InChI is InChI=1S/C23H24N2O3S/c1-17-6-12-20(13-7-17)29(26,27)25-16-23(2,21-5-4-14-24-22(21)25)15-18-8-10-19(28-3)11-9-18/h4-14H,15-16H2,1-3H3. The van der Waals surface area contributed by atoms with E-state index in [-0.39, 0.29) is 10.3 Å². The number of pyridine rings is 1. The summed E-state index contributed by atoms with van der Waals surface area (Å²) in [6.07, 6.45) is 2.35. The van der Waals surface area contributed by atoms with Gasteiger partial charge in [-0.05, 0) is 49.2 Å². The zero-order valence-electron chi connectivity index (χ0n) is 16.8. The SMILES string of the molecule is COc1ccc(CC2(C)CN(S(=O)(=O)c3ccc(C)cc3)c3ncccc32)cc1. The summed E-state index contributed by atoms with van der Waals surface area (Å²) in [5.41, 5.74) is 2.72. The number of nitrogens with zero attached hydrogens (tertiary/aromatic N) is 2. The topological polar surface area (TPSA) is 59.5 Å². The zero-order chi connectivity index (χ0) is 20.6. The number of rotatable bonds is 5. The first kappa shape index (κ1) is 19.5. The van der Waals surface area contributed by atoms with Gasteiger partial charge in [0.05, 0.1) is 12.0 Å². The summed E-state index contributed by atoms with van der Waals surface area (Å²) in [6, 6.07) is 18.7. The quantitative estimate of drug-likeness (QED) is 0.638. The van der Waals surface area contributed by atoms with Crippen molar-refractivity contribution in [1.29, 1.82) is 0 Å². The van der Waals surface area contributed by atoms with Crippen LogP contribution in [0.25, 0.3) is 0 Å². The first-order valence-electron chi connectivity index (χ1n) is 9.51. The van der Waals surface area contributed by atoms with E-state index in [0.717, 1.165) is 22.4 Å². The molecule has 2 heterocycles. The molecule has 29 heavy (non-hydrogen) atoms. The molecular weight excluding hydrogens is 384 g/mol. The number of methoxy groups -OCH3 is 1. The second kappa shape index (κ2) is 7.19. The van der Waals surface area contributed by atoms with E-state index < -0.39 is 10.0 Å². The van der Waals surface area contributed by atoms with Crippen LogP contribution >= 0.6 is 0 Å². The maximum atomic E-state index is 13.4. The molecule has 0 aliphatic carbocycles. The fraction of sp³-hybridized carbons (Fsp3) is 0.261. The molecule has 0 saturated carbocycles. The number of sulfonamides is 1. The maximum Gasteiger partial charge on any atom is 0.265 e. The Balaban J connectivity index is 1.72. The largest absolute Gasteiger partial charge is 0.497 e. The van der Waals surface area contributed by atoms with Crippen molar-refractivity contribution in [1.82, 2.24) is 4.98 Å². The van der Waals surface area contributed by atoms with Gasteiger partial charge < -0.3 is 4.74 Å².